The number of fused-ring (bicyclic) bond motifs is 2. The molecule has 1 N–H and O–H groups in total. The summed E-state index contributed by atoms with van der Waals surface area (Å²) in [6.45, 7) is 1.22. The van der Waals surface area contributed by atoms with E-state index < -0.39 is 42.0 Å². The lowest BCUT2D eigenvalue weighted by atomic mass is 9.92. The first-order valence-corrected chi connectivity index (χ1v) is 11.2. The lowest BCUT2D eigenvalue weighted by Gasteiger charge is -2.37. The summed E-state index contributed by atoms with van der Waals surface area (Å²) < 4.78 is 103. The summed E-state index contributed by atoms with van der Waals surface area (Å²) in [6.07, 6.45) is -8.05. The molecule has 1 aromatic carbocycles. The summed E-state index contributed by atoms with van der Waals surface area (Å²) in [7, 11) is 0. The Morgan fingerprint density at radius 2 is 1.78 bits per heavy atom. The predicted octanol–water partition coefficient (Wildman–Crippen LogP) is 4.81. The highest BCUT2D eigenvalue weighted by Crippen LogP contribution is 2.40. The van der Waals surface area contributed by atoms with Gasteiger partial charge in [-0.25, -0.2) is 9.07 Å². The standard InChI is InChI=1S/C21H20F7N7O2/c1-10-31-32-19(36-10)34-7-11-2-3-12(8-34)16(11)29-17-30-18(35(33-17)9-20(23,24)25)37-13-4-5-15(22)14(6-13)21(26,27)28/h4-6,11-12,16H,2-3,7-9H2,1H3,(H,29,33)/t11-,12+,16?. The van der Waals surface area contributed by atoms with E-state index in [-0.39, 0.29) is 23.8 Å². The van der Waals surface area contributed by atoms with E-state index in [1.54, 1.807) is 6.92 Å². The Hall–Kier alpha value is -3.59. The van der Waals surface area contributed by atoms with Crippen LogP contribution in [0.4, 0.5) is 42.7 Å². The smallest absolute Gasteiger partial charge is 0.419 e. The Morgan fingerprint density at radius 3 is 2.38 bits per heavy atom. The zero-order valence-corrected chi connectivity index (χ0v) is 19.1. The molecule has 5 rings (SSSR count). The molecule has 2 bridgehead atoms. The first kappa shape index (κ1) is 25.1. The van der Waals surface area contributed by atoms with Crippen LogP contribution in [-0.4, -0.2) is 50.3 Å². The number of benzene rings is 1. The van der Waals surface area contributed by atoms with Crippen LogP contribution in [0.25, 0.3) is 0 Å². The van der Waals surface area contributed by atoms with Crippen molar-refractivity contribution in [3.8, 4) is 11.8 Å². The lowest BCUT2D eigenvalue weighted by Crippen LogP contribution is -2.48. The molecular weight excluding hydrogens is 515 g/mol. The van der Waals surface area contributed by atoms with Gasteiger partial charge in [0.15, 0.2) is 0 Å². The molecule has 0 spiro atoms. The number of nitrogens with zero attached hydrogens (tertiary/aromatic N) is 6. The van der Waals surface area contributed by atoms with Crippen molar-refractivity contribution in [2.45, 2.75) is 44.7 Å². The number of piperidine rings is 1. The highest BCUT2D eigenvalue weighted by Gasteiger charge is 2.44. The van der Waals surface area contributed by atoms with E-state index >= 15 is 0 Å². The Balaban J connectivity index is 1.36. The largest absolute Gasteiger partial charge is 0.424 e. The number of halogens is 7. The molecule has 3 atom stereocenters. The predicted molar refractivity (Wildman–Crippen MR) is 112 cm³/mol. The van der Waals surface area contributed by atoms with E-state index in [1.807, 2.05) is 4.90 Å². The summed E-state index contributed by atoms with van der Waals surface area (Å²) >= 11 is 0. The van der Waals surface area contributed by atoms with Crippen LogP contribution >= 0.6 is 0 Å². The molecule has 9 nitrogen and oxygen atoms in total. The number of aryl methyl sites for hydroxylation is 1. The summed E-state index contributed by atoms with van der Waals surface area (Å²) in [4.78, 5) is 5.92. The third kappa shape index (κ3) is 5.41. The van der Waals surface area contributed by atoms with Gasteiger partial charge in [0.2, 0.25) is 11.8 Å². The zero-order valence-electron chi connectivity index (χ0n) is 19.1. The number of anilines is 2. The lowest BCUT2D eigenvalue weighted by molar-refractivity contribution is -0.143. The molecule has 1 unspecified atom stereocenters. The van der Waals surface area contributed by atoms with E-state index in [2.05, 4.69) is 25.6 Å². The number of alkyl halides is 6. The molecule has 16 heteroatoms. The SMILES string of the molecule is Cc1nnc(N2C[C@H]3CC[C@@H](C2)C3Nc2nc(Oc3ccc(F)c(C(F)(F)F)c3)n(CC(F)(F)F)n2)o1. The maximum absolute atomic E-state index is 13.6. The average molecular weight is 535 g/mol. The van der Waals surface area contributed by atoms with Crippen LogP contribution in [-0.2, 0) is 12.7 Å². The first-order chi connectivity index (χ1) is 17.4. The van der Waals surface area contributed by atoms with Crippen molar-refractivity contribution in [1.82, 2.24) is 25.0 Å². The molecule has 1 aliphatic heterocycles. The summed E-state index contributed by atoms with van der Waals surface area (Å²) in [5.74, 6) is -1.66. The first-order valence-electron chi connectivity index (χ1n) is 11.2. The van der Waals surface area contributed by atoms with Crippen LogP contribution in [0, 0.1) is 24.6 Å². The maximum atomic E-state index is 13.6. The van der Waals surface area contributed by atoms with Gasteiger partial charge in [0, 0.05) is 26.1 Å². The zero-order chi connectivity index (χ0) is 26.5. The third-order valence-electron chi connectivity index (χ3n) is 6.33. The molecule has 0 amide bonds. The second-order valence-corrected chi connectivity index (χ2v) is 9.01. The number of hydrogen-bond donors (Lipinski definition) is 1. The second kappa shape index (κ2) is 9.06. The average Bonchev–Trinajstić information content (AvgIpc) is 3.43. The fraction of sp³-hybridized carbons (Fsp3) is 0.524. The van der Waals surface area contributed by atoms with Crippen molar-refractivity contribution in [2.75, 3.05) is 23.3 Å². The van der Waals surface area contributed by atoms with Crippen molar-refractivity contribution in [2.24, 2.45) is 11.8 Å². The Kier molecular flexibility index (Phi) is 6.14. The third-order valence-corrected chi connectivity index (χ3v) is 6.33. The van der Waals surface area contributed by atoms with Crippen LogP contribution in [0.3, 0.4) is 0 Å². The highest BCUT2D eigenvalue weighted by atomic mass is 19.4. The van der Waals surface area contributed by atoms with Crippen LogP contribution in [0.15, 0.2) is 22.6 Å². The molecule has 2 aliphatic rings. The maximum Gasteiger partial charge on any atom is 0.419 e. The van der Waals surface area contributed by atoms with Gasteiger partial charge in [-0.15, -0.1) is 10.2 Å². The number of nitrogens with one attached hydrogen (secondary N) is 1. The van der Waals surface area contributed by atoms with Crippen molar-refractivity contribution in [3.63, 3.8) is 0 Å². The van der Waals surface area contributed by atoms with Gasteiger partial charge in [-0.3, -0.25) is 0 Å². The molecule has 1 aliphatic carbocycles. The monoisotopic (exact) mass is 535 g/mol. The Bertz CT molecular complexity index is 1260. The van der Waals surface area contributed by atoms with Gasteiger partial charge < -0.3 is 19.4 Å². The summed E-state index contributed by atoms with van der Waals surface area (Å²) in [5, 5.41) is 14.8. The number of rotatable bonds is 6. The van der Waals surface area contributed by atoms with E-state index in [0.717, 1.165) is 18.9 Å². The normalized spacial score (nSPS) is 21.9. The van der Waals surface area contributed by atoms with Crippen LogP contribution in [0.2, 0.25) is 0 Å². The minimum atomic E-state index is -5.02. The van der Waals surface area contributed by atoms with Crippen molar-refractivity contribution >= 4 is 12.0 Å². The summed E-state index contributed by atoms with van der Waals surface area (Å²) in [6, 6.07) is 1.26. The molecule has 1 saturated heterocycles. The van der Waals surface area contributed by atoms with Gasteiger partial charge in [0.25, 0.3) is 0 Å². The van der Waals surface area contributed by atoms with E-state index in [0.29, 0.717) is 41.8 Å². The highest BCUT2D eigenvalue weighted by molar-refractivity contribution is 5.36. The fourth-order valence-corrected chi connectivity index (χ4v) is 4.81. The van der Waals surface area contributed by atoms with E-state index in [1.165, 1.54) is 0 Å². The molecule has 37 heavy (non-hydrogen) atoms. The van der Waals surface area contributed by atoms with Gasteiger partial charge in [-0.05, 0) is 42.9 Å². The van der Waals surface area contributed by atoms with E-state index in [4.69, 9.17) is 9.15 Å². The second-order valence-electron chi connectivity index (χ2n) is 9.01. The number of hydrogen-bond acceptors (Lipinski definition) is 8. The Labute approximate surface area is 204 Å². The molecular formula is C21H20F7N7O2. The number of ether oxygens (including phenoxy) is 1. The van der Waals surface area contributed by atoms with Crippen LogP contribution < -0.4 is 15.0 Å². The van der Waals surface area contributed by atoms with Gasteiger partial charge in [0.05, 0.1) is 5.56 Å². The minimum absolute atomic E-state index is 0.0799. The van der Waals surface area contributed by atoms with Crippen molar-refractivity contribution in [1.29, 1.82) is 0 Å². The topological polar surface area (TPSA) is 94.1 Å². The molecule has 0 radical (unpaired) electrons. The molecule has 1 saturated carbocycles. The fourth-order valence-electron chi connectivity index (χ4n) is 4.81. The van der Waals surface area contributed by atoms with Gasteiger partial charge in [-0.2, -0.15) is 31.3 Å². The molecule has 2 aromatic heterocycles. The quantitative estimate of drug-likeness (QED) is 0.450. The molecule has 3 aromatic rings. The van der Waals surface area contributed by atoms with E-state index in [9.17, 15) is 30.7 Å². The summed E-state index contributed by atoms with van der Waals surface area (Å²) in [5.41, 5.74) is -1.62. The minimum Gasteiger partial charge on any atom is -0.424 e. The van der Waals surface area contributed by atoms with Crippen LogP contribution in [0.1, 0.15) is 24.3 Å². The van der Waals surface area contributed by atoms with Gasteiger partial charge in [-0.1, -0.05) is 5.10 Å². The van der Waals surface area contributed by atoms with Gasteiger partial charge in [0.1, 0.15) is 18.1 Å². The molecule has 2 fully saturated rings. The van der Waals surface area contributed by atoms with Gasteiger partial charge >= 0.3 is 24.4 Å². The van der Waals surface area contributed by atoms with Crippen molar-refractivity contribution in [3.05, 3.63) is 35.5 Å². The Morgan fingerprint density at radius 1 is 1.08 bits per heavy atom. The van der Waals surface area contributed by atoms with Crippen LogP contribution in [0.5, 0.6) is 11.8 Å². The van der Waals surface area contributed by atoms with Crippen molar-refractivity contribution < 1.29 is 39.9 Å². The number of aromatic nitrogens is 5. The molecule has 3 heterocycles. The molecule has 200 valence electrons.